The third-order valence-corrected chi connectivity index (χ3v) is 11.0. The van der Waals surface area contributed by atoms with Crippen LogP contribution in [0.2, 0.25) is 0 Å². The van der Waals surface area contributed by atoms with Gasteiger partial charge in [-0.3, -0.25) is 24.7 Å². The Kier molecular flexibility index (Phi) is 8.35. The Morgan fingerprint density at radius 3 is 2.27 bits per heavy atom. The van der Waals surface area contributed by atoms with Crippen LogP contribution in [0.5, 0.6) is 0 Å². The molecule has 0 atom stereocenters. The van der Waals surface area contributed by atoms with Gasteiger partial charge in [0.2, 0.25) is 16.2 Å². The number of hydrogen-bond donors (Lipinski definition) is 2. The number of amides is 3. The van der Waals surface area contributed by atoms with Crippen LogP contribution in [0.4, 0.5) is 10.7 Å². The Labute approximate surface area is 281 Å². The molecular weight excluding hydrogens is 673 g/mol. The third-order valence-electron chi connectivity index (χ3n) is 7.75. The highest BCUT2D eigenvalue weighted by Crippen LogP contribution is 2.29. The van der Waals surface area contributed by atoms with Gasteiger partial charge in [-0.05, 0) is 23.3 Å². The lowest BCUT2D eigenvalue weighted by Gasteiger charge is -2.33. The molecule has 1 aliphatic rings. The van der Waals surface area contributed by atoms with Crippen LogP contribution in [-0.2, 0) is 30.9 Å². The van der Waals surface area contributed by atoms with Crippen molar-refractivity contribution in [1.82, 2.24) is 33.7 Å². The number of aromatic nitrogens is 5. The van der Waals surface area contributed by atoms with E-state index in [1.807, 2.05) is 60.7 Å². The molecule has 248 valence electrons. The van der Waals surface area contributed by atoms with Crippen molar-refractivity contribution in [2.75, 3.05) is 25.0 Å². The molecule has 6 aromatic rings. The highest BCUT2D eigenvalue weighted by molar-refractivity contribution is 7.91. The highest BCUT2D eigenvalue weighted by atomic mass is 32.2. The van der Waals surface area contributed by atoms with Crippen molar-refractivity contribution in [3.8, 4) is 0 Å². The maximum atomic E-state index is 13.3. The number of ether oxygens (including phenoxy) is 1. The number of anilines is 1. The predicted molar refractivity (Wildman–Crippen MR) is 178 cm³/mol. The monoisotopic (exact) mass is 698 g/mol. The SMILES string of the molecule is O=C(Nc1nc2c(ncn2CC(=O)N2CCN(S(=O)(=O)c3nc4ccccc4s3)C(=O)C2)c(=O)[nH]1)OC(c1ccccc1)c1ccccc1. The number of piperazine rings is 1. The minimum absolute atomic E-state index is 0.00144. The average Bonchev–Trinajstić information content (AvgIpc) is 3.73. The first-order chi connectivity index (χ1) is 23.7. The second-order valence-corrected chi connectivity index (χ2v) is 14.0. The number of sulfonamides is 1. The first-order valence-electron chi connectivity index (χ1n) is 14.9. The molecule has 2 N–H and O–H groups in total. The number of aromatic amines is 1. The number of H-pyrrole nitrogens is 1. The molecule has 3 aromatic heterocycles. The van der Waals surface area contributed by atoms with E-state index in [0.717, 1.165) is 26.8 Å². The number of rotatable bonds is 8. The molecule has 0 radical (unpaired) electrons. The number of imidazole rings is 1. The number of carbonyl (C=O) groups excluding carboxylic acids is 3. The van der Waals surface area contributed by atoms with Crippen LogP contribution < -0.4 is 10.9 Å². The zero-order valence-corrected chi connectivity index (χ0v) is 27.1. The molecular formula is C32H26N8O7S2. The van der Waals surface area contributed by atoms with E-state index in [-0.39, 0.29) is 41.1 Å². The number of nitrogens with zero attached hydrogens (tertiary/aromatic N) is 6. The first-order valence-corrected chi connectivity index (χ1v) is 17.1. The Morgan fingerprint density at radius 1 is 0.918 bits per heavy atom. The molecule has 15 nitrogen and oxygen atoms in total. The van der Waals surface area contributed by atoms with E-state index in [0.29, 0.717) is 10.2 Å². The maximum absolute atomic E-state index is 13.3. The van der Waals surface area contributed by atoms with Crippen molar-refractivity contribution in [1.29, 1.82) is 0 Å². The molecule has 1 aliphatic heterocycles. The van der Waals surface area contributed by atoms with Gasteiger partial charge >= 0.3 is 6.09 Å². The molecule has 3 amide bonds. The smallest absolute Gasteiger partial charge is 0.414 e. The highest BCUT2D eigenvalue weighted by Gasteiger charge is 2.37. The van der Waals surface area contributed by atoms with E-state index < -0.39 is 46.1 Å². The number of thiazole rings is 1. The van der Waals surface area contributed by atoms with Crippen LogP contribution in [0.3, 0.4) is 0 Å². The van der Waals surface area contributed by atoms with Crippen LogP contribution in [0.25, 0.3) is 21.4 Å². The second-order valence-electron chi connectivity index (χ2n) is 10.9. The zero-order valence-electron chi connectivity index (χ0n) is 25.4. The Morgan fingerprint density at radius 2 is 1.59 bits per heavy atom. The Hall–Kier alpha value is -5.94. The summed E-state index contributed by atoms with van der Waals surface area (Å²) in [7, 11) is -4.21. The van der Waals surface area contributed by atoms with Crippen LogP contribution in [0.1, 0.15) is 17.2 Å². The zero-order chi connectivity index (χ0) is 34.1. The summed E-state index contributed by atoms with van der Waals surface area (Å²) >= 11 is 0.964. The lowest BCUT2D eigenvalue weighted by Crippen LogP contribution is -2.54. The standard InChI is InChI=1S/C32H26N8O7S2/c41-24(38-15-16-40(25(42)18-38)49(45,46)32-34-22-13-7-8-14-23(22)48-32)17-39-19-33-26-28(39)35-30(36-29(26)43)37-31(44)47-27(20-9-3-1-4-10-20)21-11-5-2-6-12-21/h1-14,19,27H,15-18H2,(H2,35,36,37,43,44). The summed E-state index contributed by atoms with van der Waals surface area (Å²) in [5, 5.41) is 2.45. The van der Waals surface area contributed by atoms with Gasteiger partial charge in [-0.2, -0.15) is 13.4 Å². The van der Waals surface area contributed by atoms with Gasteiger partial charge in [-0.15, -0.1) is 11.3 Å². The van der Waals surface area contributed by atoms with Crippen LogP contribution in [0, 0.1) is 0 Å². The van der Waals surface area contributed by atoms with Crippen molar-refractivity contribution in [3.63, 3.8) is 0 Å². The first kappa shape index (κ1) is 31.6. The fourth-order valence-electron chi connectivity index (χ4n) is 5.37. The van der Waals surface area contributed by atoms with Crippen LogP contribution in [-0.4, -0.2) is 79.7 Å². The van der Waals surface area contributed by atoms with Gasteiger partial charge in [0.15, 0.2) is 17.3 Å². The van der Waals surface area contributed by atoms with Crippen LogP contribution in [0.15, 0.2) is 100 Å². The van der Waals surface area contributed by atoms with E-state index in [1.165, 1.54) is 15.8 Å². The van der Waals surface area contributed by atoms with Crippen molar-refractivity contribution in [3.05, 3.63) is 113 Å². The Bertz CT molecular complexity index is 2300. The number of hydrogen-bond acceptors (Lipinski definition) is 11. The lowest BCUT2D eigenvalue weighted by molar-refractivity contribution is -0.142. The van der Waals surface area contributed by atoms with E-state index in [9.17, 15) is 27.6 Å². The summed E-state index contributed by atoms with van der Waals surface area (Å²) in [5.41, 5.74) is 1.21. The lowest BCUT2D eigenvalue weighted by atomic mass is 10.0. The molecule has 1 fully saturated rings. The summed E-state index contributed by atoms with van der Waals surface area (Å²) in [6.07, 6.45) is -0.399. The number of benzene rings is 3. The van der Waals surface area contributed by atoms with Gasteiger partial charge in [0.25, 0.3) is 21.5 Å². The topological polar surface area (TPSA) is 190 Å². The minimum atomic E-state index is -4.21. The van der Waals surface area contributed by atoms with Gasteiger partial charge in [0, 0.05) is 6.54 Å². The van der Waals surface area contributed by atoms with E-state index in [1.54, 1.807) is 24.3 Å². The number of para-hydroxylation sites is 1. The minimum Gasteiger partial charge on any atom is -0.436 e. The summed E-state index contributed by atoms with van der Waals surface area (Å²) < 4.78 is 34.7. The van der Waals surface area contributed by atoms with Crippen molar-refractivity contribution >= 4 is 66.6 Å². The van der Waals surface area contributed by atoms with E-state index in [2.05, 4.69) is 25.3 Å². The quantitative estimate of drug-likeness (QED) is 0.239. The molecule has 0 spiro atoms. The van der Waals surface area contributed by atoms with Gasteiger partial charge in [-0.1, -0.05) is 72.8 Å². The molecule has 0 aliphatic carbocycles. The summed E-state index contributed by atoms with van der Waals surface area (Å²) in [5.74, 6) is -1.55. The second kappa shape index (κ2) is 12.9. The van der Waals surface area contributed by atoms with Gasteiger partial charge in [0.1, 0.15) is 13.1 Å². The average molecular weight is 699 g/mol. The van der Waals surface area contributed by atoms with Crippen molar-refractivity contribution in [2.45, 2.75) is 17.0 Å². The fraction of sp³-hybridized carbons (Fsp3) is 0.156. The summed E-state index contributed by atoms with van der Waals surface area (Å²) in [6, 6.07) is 25.2. The maximum Gasteiger partial charge on any atom is 0.414 e. The van der Waals surface area contributed by atoms with Gasteiger partial charge in [-0.25, -0.2) is 19.1 Å². The summed E-state index contributed by atoms with van der Waals surface area (Å²) in [4.78, 5) is 68.3. The van der Waals surface area contributed by atoms with E-state index in [4.69, 9.17) is 4.74 Å². The predicted octanol–water partition coefficient (Wildman–Crippen LogP) is 3.13. The van der Waals surface area contributed by atoms with Crippen molar-refractivity contribution < 1.29 is 27.5 Å². The molecule has 0 unspecified atom stereocenters. The number of nitrogens with one attached hydrogen (secondary N) is 2. The molecule has 3 aromatic carbocycles. The Balaban J connectivity index is 1.04. The van der Waals surface area contributed by atoms with E-state index >= 15 is 0 Å². The largest absolute Gasteiger partial charge is 0.436 e. The molecule has 17 heteroatoms. The third kappa shape index (κ3) is 6.35. The normalized spacial score (nSPS) is 13.7. The molecule has 4 heterocycles. The molecule has 7 rings (SSSR count). The van der Waals surface area contributed by atoms with Crippen LogP contribution >= 0.6 is 11.3 Å². The number of fused-ring (bicyclic) bond motifs is 2. The van der Waals surface area contributed by atoms with Gasteiger partial charge < -0.3 is 14.2 Å². The molecule has 49 heavy (non-hydrogen) atoms. The molecule has 0 saturated carbocycles. The molecule has 0 bridgehead atoms. The van der Waals surface area contributed by atoms with Gasteiger partial charge in [0.05, 0.1) is 23.1 Å². The number of carbonyl (C=O) groups is 3. The summed E-state index contributed by atoms with van der Waals surface area (Å²) in [6.45, 7) is -1.16. The molecule has 1 saturated heterocycles. The fourth-order valence-corrected chi connectivity index (χ4v) is 8.08. The van der Waals surface area contributed by atoms with Crippen molar-refractivity contribution in [2.24, 2.45) is 0 Å².